The molecule has 1 aromatic heterocycles. The van der Waals surface area contributed by atoms with Crippen molar-refractivity contribution in [2.45, 2.75) is 13.0 Å². The van der Waals surface area contributed by atoms with E-state index in [9.17, 15) is 0 Å². The Kier molecular flexibility index (Phi) is 4.67. The normalized spacial score (nSPS) is 12.4. The monoisotopic (exact) mass is 344 g/mol. The highest BCUT2D eigenvalue weighted by atomic mass is 79.9. The van der Waals surface area contributed by atoms with Gasteiger partial charge in [0.1, 0.15) is 0 Å². The minimum atomic E-state index is 0.126. The molecule has 0 aliphatic heterocycles. The molecule has 0 saturated heterocycles. The highest BCUT2D eigenvalue weighted by Crippen LogP contribution is 2.29. The number of halogens is 2. The van der Waals surface area contributed by atoms with Crippen LogP contribution in [-0.4, -0.2) is 6.54 Å². The van der Waals surface area contributed by atoms with E-state index in [-0.39, 0.29) is 6.04 Å². The lowest BCUT2D eigenvalue weighted by Gasteiger charge is -2.17. The Hall–Kier alpha value is -0.550. The van der Waals surface area contributed by atoms with Crippen LogP contribution < -0.4 is 11.1 Å². The van der Waals surface area contributed by atoms with Gasteiger partial charge in [-0.05, 0) is 53.2 Å². The van der Waals surface area contributed by atoms with Crippen LogP contribution >= 0.6 is 38.9 Å². The summed E-state index contributed by atoms with van der Waals surface area (Å²) in [4.78, 5) is 2.54. The summed E-state index contributed by atoms with van der Waals surface area (Å²) >= 11 is 11.2. The average Bonchev–Trinajstić information content (AvgIpc) is 2.77. The average molecular weight is 346 g/mol. The van der Waals surface area contributed by atoms with Gasteiger partial charge >= 0.3 is 0 Å². The maximum Gasteiger partial charge on any atom is 0.0728 e. The van der Waals surface area contributed by atoms with Gasteiger partial charge in [-0.25, -0.2) is 0 Å². The SMILES string of the molecule is Cc1ccc(C(CN)Nc2ccc(Br)c(Cl)c2)s1. The predicted octanol–water partition coefficient (Wildman–Crippen LogP) is 4.58. The number of thiophene rings is 1. The molecule has 2 nitrogen and oxygen atoms in total. The maximum atomic E-state index is 6.08. The first kappa shape index (κ1) is 13.9. The number of aryl methyl sites for hydroxylation is 1. The molecule has 0 aliphatic rings. The van der Waals surface area contributed by atoms with Gasteiger partial charge in [0, 0.05) is 26.5 Å². The number of hydrogen-bond donors (Lipinski definition) is 2. The van der Waals surface area contributed by atoms with Crippen LogP contribution in [0.3, 0.4) is 0 Å². The molecule has 3 N–H and O–H groups in total. The molecule has 96 valence electrons. The third kappa shape index (κ3) is 3.26. The Bertz CT molecular complexity index is 542. The van der Waals surface area contributed by atoms with Crippen LogP contribution in [0.4, 0.5) is 5.69 Å². The van der Waals surface area contributed by atoms with Gasteiger partial charge in [0.2, 0.25) is 0 Å². The number of benzene rings is 1. The van der Waals surface area contributed by atoms with E-state index in [0.717, 1.165) is 10.2 Å². The Balaban J connectivity index is 2.17. The van der Waals surface area contributed by atoms with Crippen molar-refractivity contribution >= 4 is 44.6 Å². The van der Waals surface area contributed by atoms with Crippen molar-refractivity contribution in [2.24, 2.45) is 5.73 Å². The molecular formula is C13H14BrClN2S. The van der Waals surface area contributed by atoms with Gasteiger partial charge in [-0.2, -0.15) is 0 Å². The first-order valence-electron chi connectivity index (χ1n) is 5.58. The number of rotatable bonds is 4. The Morgan fingerprint density at radius 2 is 2.17 bits per heavy atom. The summed E-state index contributed by atoms with van der Waals surface area (Å²) in [6.07, 6.45) is 0. The maximum absolute atomic E-state index is 6.08. The van der Waals surface area contributed by atoms with Gasteiger partial charge in [0.25, 0.3) is 0 Å². The second kappa shape index (κ2) is 6.06. The summed E-state index contributed by atoms with van der Waals surface area (Å²) < 4.78 is 0.894. The molecule has 1 atom stereocenters. The zero-order valence-electron chi connectivity index (χ0n) is 9.91. The molecule has 0 bridgehead atoms. The molecule has 2 rings (SSSR count). The molecule has 0 radical (unpaired) electrons. The van der Waals surface area contributed by atoms with Gasteiger partial charge in [-0.3, -0.25) is 0 Å². The lowest BCUT2D eigenvalue weighted by molar-refractivity contribution is 0.806. The summed E-state index contributed by atoms with van der Waals surface area (Å²) in [5.41, 5.74) is 6.81. The second-order valence-corrected chi connectivity index (χ2v) is 6.59. The molecule has 1 heterocycles. The zero-order chi connectivity index (χ0) is 13.1. The molecule has 0 aliphatic carbocycles. The van der Waals surface area contributed by atoms with Crippen LogP contribution in [0.25, 0.3) is 0 Å². The van der Waals surface area contributed by atoms with Gasteiger partial charge in [-0.15, -0.1) is 11.3 Å². The van der Waals surface area contributed by atoms with Crippen molar-refractivity contribution in [3.8, 4) is 0 Å². The van der Waals surface area contributed by atoms with Gasteiger partial charge < -0.3 is 11.1 Å². The van der Waals surface area contributed by atoms with Gasteiger partial charge in [-0.1, -0.05) is 11.6 Å². The summed E-state index contributed by atoms with van der Waals surface area (Å²) in [6.45, 7) is 2.64. The molecule has 5 heteroatoms. The van der Waals surface area contributed by atoms with Crippen LogP contribution in [0.15, 0.2) is 34.8 Å². The smallest absolute Gasteiger partial charge is 0.0728 e. The van der Waals surface area contributed by atoms with E-state index in [1.807, 2.05) is 18.2 Å². The van der Waals surface area contributed by atoms with E-state index in [1.165, 1.54) is 9.75 Å². The molecule has 0 amide bonds. The molecule has 1 aromatic carbocycles. The van der Waals surface area contributed by atoms with Gasteiger partial charge in [0.05, 0.1) is 11.1 Å². The number of nitrogens with one attached hydrogen (secondary N) is 1. The van der Waals surface area contributed by atoms with E-state index in [0.29, 0.717) is 11.6 Å². The van der Waals surface area contributed by atoms with Crippen LogP contribution in [0.5, 0.6) is 0 Å². The summed E-state index contributed by atoms with van der Waals surface area (Å²) in [7, 11) is 0. The van der Waals surface area contributed by atoms with Crippen molar-refractivity contribution in [3.63, 3.8) is 0 Å². The fraction of sp³-hybridized carbons (Fsp3) is 0.231. The lowest BCUT2D eigenvalue weighted by Crippen LogP contribution is -2.19. The zero-order valence-corrected chi connectivity index (χ0v) is 13.1. The highest BCUT2D eigenvalue weighted by molar-refractivity contribution is 9.10. The number of nitrogens with two attached hydrogens (primary N) is 1. The van der Waals surface area contributed by atoms with Crippen LogP contribution in [-0.2, 0) is 0 Å². The first-order valence-corrected chi connectivity index (χ1v) is 7.57. The molecule has 1 unspecified atom stereocenters. The highest BCUT2D eigenvalue weighted by Gasteiger charge is 2.12. The van der Waals surface area contributed by atoms with Crippen molar-refractivity contribution in [2.75, 3.05) is 11.9 Å². The van der Waals surface area contributed by atoms with E-state index in [4.69, 9.17) is 17.3 Å². The molecule has 2 aromatic rings. The number of hydrogen-bond acceptors (Lipinski definition) is 3. The summed E-state index contributed by atoms with van der Waals surface area (Å²) in [6, 6.07) is 10.2. The Labute approximate surface area is 124 Å². The second-order valence-electron chi connectivity index (χ2n) is 4.01. The van der Waals surface area contributed by atoms with E-state index in [2.05, 4.69) is 40.3 Å². The van der Waals surface area contributed by atoms with E-state index >= 15 is 0 Å². The quantitative estimate of drug-likeness (QED) is 0.851. The topological polar surface area (TPSA) is 38.0 Å². The Morgan fingerprint density at radius 3 is 2.72 bits per heavy atom. The van der Waals surface area contributed by atoms with Crippen LogP contribution in [0, 0.1) is 6.92 Å². The van der Waals surface area contributed by atoms with Gasteiger partial charge in [0.15, 0.2) is 0 Å². The van der Waals surface area contributed by atoms with Crippen molar-refractivity contribution < 1.29 is 0 Å². The minimum absolute atomic E-state index is 0.126. The summed E-state index contributed by atoms with van der Waals surface area (Å²) in [5.74, 6) is 0. The van der Waals surface area contributed by atoms with Crippen molar-refractivity contribution in [3.05, 3.63) is 49.6 Å². The molecule has 0 saturated carbocycles. The fourth-order valence-electron chi connectivity index (χ4n) is 1.67. The molecule has 0 fully saturated rings. The van der Waals surface area contributed by atoms with Crippen molar-refractivity contribution in [1.82, 2.24) is 0 Å². The third-order valence-corrected chi connectivity index (χ3v) is 4.95. The first-order chi connectivity index (χ1) is 8.60. The Morgan fingerprint density at radius 1 is 1.39 bits per heavy atom. The van der Waals surface area contributed by atoms with Crippen molar-refractivity contribution in [1.29, 1.82) is 0 Å². The standard InChI is InChI=1S/C13H14BrClN2S/c1-8-2-5-13(18-8)12(7-16)17-9-3-4-10(14)11(15)6-9/h2-6,12,17H,7,16H2,1H3. The minimum Gasteiger partial charge on any atom is -0.376 e. The lowest BCUT2D eigenvalue weighted by atomic mass is 10.2. The predicted molar refractivity (Wildman–Crippen MR) is 83.6 cm³/mol. The van der Waals surface area contributed by atoms with Crippen LogP contribution in [0.1, 0.15) is 15.8 Å². The third-order valence-electron chi connectivity index (χ3n) is 2.60. The van der Waals surface area contributed by atoms with E-state index < -0.39 is 0 Å². The molecular weight excluding hydrogens is 332 g/mol. The summed E-state index contributed by atoms with van der Waals surface area (Å²) in [5, 5.41) is 4.10. The van der Waals surface area contributed by atoms with Crippen LogP contribution in [0.2, 0.25) is 5.02 Å². The number of anilines is 1. The van der Waals surface area contributed by atoms with E-state index in [1.54, 1.807) is 11.3 Å². The molecule has 18 heavy (non-hydrogen) atoms. The molecule has 0 spiro atoms. The largest absolute Gasteiger partial charge is 0.376 e. The fourth-order valence-corrected chi connectivity index (χ4v) is 3.04.